The lowest BCUT2D eigenvalue weighted by Gasteiger charge is -2.42. The summed E-state index contributed by atoms with van der Waals surface area (Å²) in [6.45, 7) is 11.8. The Morgan fingerprint density at radius 2 is 1.80 bits per heavy atom. The Labute approximate surface area is 125 Å². The Hall–Kier alpha value is -0.0800. The van der Waals surface area contributed by atoms with Gasteiger partial charge in [0.15, 0.2) is 0 Å². The lowest BCUT2D eigenvalue weighted by Crippen LogP contribution is -2.44. The van der Waals surface area contributed by atoms with E-state index >= 15 is 0 Å². The molecule has 0 aromatic heterocycles. The van der Waals surface area contributed by atoms with Gasteiger partial charge in [-0.3, -0.25) is 0 Å². The number of nitrogens with zero attached hydrogens (tertiary/aromatic N) is 1. The third kappa shape index (κ3) is 4.21. The first-order valence-electron chi connectivity index (χ1n) is 8.80. The van der Waals surface area contributed by atoms with Crippen LogP contribution in [-0.2, 0) is 0 Å². The van der Waals surface area contributed by atoms with Gasteiger partial charge in [0, 0.05) is 12.6 Å². The standard InChI is InChI=1S/C18H35NO/c1-14-8-6-5-7-11-19(14)13-15-12-16(18(2,3)4)9-10-17(15)20/h14-17,20H,5-13H2,1-4H3. The number of rotatable bonds is 2. The maximum absolute atomic E-state index is 10.4. The molecule has 1 aliphatic carbocycles. The second-order valence-electron chi connectivity index (χ2n) is 8.40. The maximum Gasteiger partial charge on any atom is 0.0580 e. The molecule has 4 atom stereocenters. The highest BCUT2D eigenvalue weighted by atomic mass is 16.3. The average molecular weight is 281 g/mol. The summed E-state index contributed by atoms with van der Waals surface area (Å²) in [7, 11) is 0. The number of aliphatic hydroxyl groups excluding tert-OH is 1. The number of aliphatic hydroxyl groups is 1. The fourth-order valence-electron chi connectivity index (χ4n) is 4.14. The highest BCUT2D eigenvalue weighted by molar-refractivity contribution is 4.88. The van der Waals surface area contributed by atoms with E-state index in [0.29, 0.717) is 17.4 Å². The Bertz CT molecular complexity index is 296. The Morgan fingerprint density at radius 1 is 1.05 bits per heavy atom. The van der Waals surface area contributed by atoms with Gasteiger partial charge in [0.05, 0.1) is 6.10 Å². The molecule has 0 aromatic rings. The van der Waals surface area contributed by atoms with Crippen molar-refractivity contribution >= 4 is 0 Å². The molecule has 2 rings (SSSR count). The molecular weight excluding hydrogens is 246 g/mol. The molecule has 2 fully saturated rings. The van der Waals surface area contributed by atoms with E-state index in [1.54, 1.807) is 0 Å². The van der Waals surface area contributed by atoms with Crippen LogP contribution in [0.1, 0.15) is 72.6 Å². The summed E-state index contributed by atoms with van der Waals surface area (Å²) >= 11 is 0. The van der Waals surface area contributed by atoms with Gasteiger partial charge in [-0.15, -0.1) is 0 Å². The molecule has 2 nitrogen and oxygen atoms in total. The molecule has 0 spiro atoms. The second kappa shape index (κ2) is 6.79. The summed E-state index contributed by atoms with van der Waals surface area (Å²) in [6.07, 6.45) is 8.82. The molecule has 0 amide bonds. The molecule has 0 radical (unpaired) electrons. The van der Waals surface area contributed by atoms with E-state index < -0.39 is 0 Å². The molecule has 1 saturated heterocycles. The van der Waals surface area contributed by atoms with Crippen molar-refractivity contribution in [3.8, 4) is 0 Å². The fraction of sp³-hybridized carbons (Fsp3) is 1.00. The molecule has 1 N–H and O–H groups in total. The normalized spacial score (nSPS) is 37.6. The summed E-state index contributed by atoms with van der Waals surface area (Å²) in [5, 5.41) is 10.4. The largest absolute Gasteiger partial charge is 0.393 e. The van der Waals surface area contributed by atoms with Crippen LogP contribution < -0.4 is 0 Å². The predicted octanol–water partition coefficient (Wildman–Crippen LogP) is 4.07. The van der Waals surface area contributed by atoms with Crippen LogP contribution in [0.4, 0.5) is 0 Å². The first kappa shape index (κ1) is 16.3. The molecular formula is C18H35NO. The van der Waals surface area contributed by atoms with Gasteiger partial charge < -0.3 is 10.0 Å². The van der Waals surface area contributed by atoms with Crippen molar-refractivity contribution in [3.05, 3.63) is 0 Å². The highest BCUT2D eigenvalue weighted by Gasteiger charge is 2.36. The highest BCUT2D eigenvalue weighted by Crippen LogP contribution is 2.40. The summed E-state index contributed by atoms with van der Waals surface area (Å²) in [5.74, 6) is 1.27. The molecule has 1 heterocycles. The fourth-order valence-corrected chi connectivity index (χ4v) is 4.14. The van der Waals surface area contributed by atoms with Crippen LogP contribution in [0.3, 0.4) is 0 Å². The zero-order valence-corrected chi connectivity index (χ0v) is 14.1. The van der Waals surface area contributed by atoms with Gasteiger partial charge >= 0.3 is 0 Å². The monoisotopic (exact) mass is 281 g/mol. The van der Waals surface area contributed by atoms with E-state index in [-0.39, 0.29) is 6.10 Å². The minimum absolute atomic E-state index is 0.0657. The molecule has 118 valence electrons. The van der Waals surface area contributed by atoms with Crippen LogP contribution in [-0.4, -0.2) is 35.2 Å². The van der Waals surface area contributed by atoms with Gasteiger partial charge in [0.2, 0.25) is 0 Å². The summed E-state index contributed by atoms with van der Waals surface area (Å²) in [6, 6.07) is 0.708. The molecule has 2 aliphatic rings. The van der Waals surface area contributed by atoms with Crippen LogP contribution in [0.5, 0.6) is 0 Å². The van der Waals surface area contributed by atoms with Gasteiger partial charge in [-0.25, -0.2) is 0 Å². The van der Waals surface area contributed by atoms with Crippen LogP contribution >= 0.6 is 0 Å². The Morgan fingerprint density at radius 3 is 2.50 bits per heavy atom. The smallest absolute Gasteiger partial charge is 0.0580 e. The van der Waals surface area contributed by atoms with Gasteiger partial charge in [0.25, 0.3) is 0 Å². The molecule has 1 aliphatic heterocycles. The molecule has 1 saturated carbocycles. The van der Waals surface area contributed by atoms with E-state index in [1.165, 1.54) is 45.1 Å². The third-order valence-corrected chi connectivity index (χ3v) is 5.83. The maximum atomic E-state index is 10.4. The van der Waals surface area contributed by atoms with Crippen molar-refractivity contribution in [2.24, 2.45) is 17.3 Å². The van der Waals surface area contributed by atoms with Gasteiger partial charge in [-0.2, -0.15) is 0 Å². The minimum Gasteiger partial charge on any atom is -0.393 e. The molecule has 20 heavy (non-hydrogen) atoms. The zero-order chi connectivity index (χ0) is 14.8. The summed E-state index contributed by atoms with van der Waals surface area (Å²) in [5.41, 5.74) is 0.392. The van der Waals surface area contributed by atoms with Crippen LogP contribution in [0.2, 0.25) is 0 Å². The Balaban J connectivity index is 1.95. The molecule has 2 heteroatoms. The minimum atomic E-state index is -0.0657. The van der Waals surface area contributed by atoms with E-state index in [0.717, 1.165) is 18.9 Å². The first-order valence-corrected chi connectivity index (χ1v) is 8.80. The van der Waals surface area contributed by atoms with Crippen LogP contribution in [0.15, 0.2) is 0 Å². The van der Waals surface area contributed by atoms with E-state index in [4.69, 9.17) is 0 Å². The molecule has 0 bridgehead atoms. The van der Waals surface area contributed by atoms with Gasteiger partial charge in [-0.05, 0) is 62.8 Å². The summed E-state index contributed by atoms with van der Waals surface area (Å²) < 4.78 is 0. The van der Waals surface area contributed by atoms with Gasteiger partial charge in [-0.1, -0.05) is 33.6 Å². The zero-order valence-electron chi connectivity index (χ0n) is 14.1. The topological polar surface area (TPSA) is 23.5 Å². The quantitative estimate of drug-likeness (QED) is 0.824. The lowest BCUT2D eigenvalue weighted by molar-refractivity contribution is -0.00166. The van der Waals surface area contributed by atoms with Crippen LogP contribution in [0.25, 0.3) is 0 Å². The van der Waals surface area contributed by atoms with Crippen molar-refractivity contribution in [1.29, 1.82) is 0 Å². The van der Waals surface area contributed by atoms with E-state index in [2.05, 4.69) is 32.6 Å². The first-order chi connectivity index (χ1) is 9.38. The SMILES string of the molecule is CC1CCCCCN1CC1CC(C(C)(C)C)CCC1O. The van der Waals surface area contributed by atoms with E-state index in [9.17, 15) is 5.11 Å². The average Bonchev–Trinajstić information content (AvgIpc) is 2.56. The number of hydrogen-bond acceptors (Lipinski definition) is 2. The second-order valence-corrected chi connectivity index (χ2v) is 8.40. The number of likely N-dealkylation sites (tertiary alicyclic amines) is 1. The van der Waals surface area contributed by atoms with Gasteiger partial charge in [0.1, 0.15) is 0 Å². The number of hydrogen-bond donors (Lipinski definition) is 1. The van der Waals surface area contributed by atoms with Crippen molar-refractivity contribution < 1.29 is 5.11 Å². The van der Waals surface area contributed by atoms with Crippen molar-refractivity contribution in [2.75, 3.05) is 13.1 Å². The van der Waals surface area contributed by atoms with E-state index in [1.807, 2.05) is 0 Å². The molecule has 4 unspecified atom stereocenters. The van der Waals surface area contributed by atoms with Crippen molar-refractivity contribution in [3.63, 3.8) is 0 Å². The van der Waals surface area contributed by atoms with Crippen LogP contribution in [0, 0.1) is 17.3 Å². The lowest BCUT2D eigenvalue weighted by atomic mass is 9.68. The molecule has 0 aromatic carbocycles. The third-order valence-electron chi connectivity index (χ3n) is 5.83. The van der Waals surface area contributed by atoms with Crippen molar-refractivity contribution in [2.45, 2.75) is 84.8 Å². The summed E-state index contributed by atoms with van der Waals surface area (Å²) in [4.78, 5) is 2.66. The van der Waals surface area contributed by atoms with Crippen molar-refractivity contribution in [1.82, 2.24) is 4.90 Å². The Kier molecular flexibility index (Phi) is 5.53. The predicted molar refractivity (Wildman–Crippen MR) is 85.8 cm³/mol.